The van der Waals surface area contributed by atoms with E-state index in [1.807, 2.05) is 24.3 Å². The Bertz CT molecular complexity index is 274. The smallest absolute Gasteiger partial charge is 0.0772 e. The Morgan fingerprint density at radius 3 is 2.79 bits per heavy atom. The van der Waals surface area contributed by atoms with Gasteiger partial charge in [-0.3, -0.25) is 0 Å². The molecule has 3 heteroatoms. The van der Waals surface area contributed by atoms with Crippen LogP contribution in [0.3, 0.4) is 0 Å². The minimum Gasteiger partial charge on any atom is -0.389 e. The Hall–Kier alpha value is -0.510. The lowest BCUT2D eigenvalue weighted by Gasteiger charge is -2.10. The van der Waals surface area contributed by atoms with Crippen molar-refractivity contribution in [2.75, 3.05) is 19.5 Å². The number of aliphatic hydroxyl groups excluding tert-OH is 1. The maximum atomic E-state index is 9.52. The molecule has 0 bridgehead atoms. The summed E-state index contributed by atoms with van der Waals surface area (Å²) in [5.41, 5.74) is 0.994. The molecule has 0 aliphatic carbocycles. The van der Waals surface area contributed by atoms with Crippen LogP contribution in [0.15, 0.2) is 29.2 Å². The topological polar surface area (TPSA) is 29.5 Å². The number of rotatable bonds is 5. The number of hydrogen-bond acceptors (Lipinski definition) is 3. The Kier molecular flexibility index (Phi) is 5.01. The Labute approximate surface area is 89.3 Å². The van der Waals surface area contributed by atoms with Crippen molar-refractivity contribution >= 4 is 11.8 Å². The van der Waals surface area contributed by atoms with Gasteiger partial charge in [0.05, 0.1) is 12.7 Å². The van der Waals surface area contributed by atoms with E-state index in [9.17, 15) is 5.11 Å². The summed E-state index contributed by atoms with van der Waals surface area (Å²) in [5, 5.41) is 9.52. The van der Waals surface area contributed by atoms with Crippen molar-refractivity contribution in [1.29, 1.82) is 0 Å². The van der Waals surface area contributed by atoms with E-state index in [0.717, 1.165) is 22.8 Å². The zero-order valence-electron chi connectivity index (χ0n) is 8.56. The zero-order valence-corrected chi connectivity index (χ0v) is 9.38. The van der Waals surface area contributed by atoms with Crippen LogP contribution in [-0.4, -0.2) is 24.6 Å². The molecule has 0 amide bonds. The summed E-state index contributed by atoms with van der Waals surface area (Å²) < 4.78 is 4.98. The Balaban J connectivity index is 2.64. The number of methoxy groups -OCH3 is 1. The normalized spacial score (nSPS) is 12.8. The van der Waals surface area contributed by atoms with E-state index in [1.54, 1.807) is 25.8 Å². The maximum Gasteiger partial charge on any atom is 0.0772 e. The highest BCUT2D eigenvalue weighted by molar-refractivity contribution is 7.99. The Morgan fingerprint density at radius 2 is 2.14 bits per heavy atom. The second-order valence-corrected chi connectivity index (χ2v) is 4.19. The number of aliphatic hydroxyl groups is 1. The van der Waals surface area contributed by atoms with Crippen molar-refractivity contribution in [2.24, 2.45) is 0 Å². The Morgan fingerprint density at radius 1 is 1.43 bits per heavy atom. The van der Waals surface area contributed by atoms with Crippen molar-refractivity contribution in [3.63, 3.8) is 0 Å². The predicted octanol–water partition coefficient (Wildman–Crippen LogP) is 2.48. The molecule has 2 nitrogen and oxygen atoms in total. The summed E-state index contributed by atoms with van der Waals surface area (Å²) >= 11 is 1.71. The van der Waals surface area contributed by atoms with E-state index < -0.39 is 6.10 Å². The van der Waals surface area contributed by atoms with Crippen molar-refractivity contribution in [1.82, 2.24) is 0 Å². The summed E-state index contributed by atoms with van der Waals surface area (Å²) in [4.78, 5) is 1.14. The molecule has 0 unspecified atom stereocenters. The van der Waals surface area contributed by atoms with Crippen molar-refractivity contribution in [3.8, 4) is 0 Å². The molecule has 1 aromatic carbocycles. The monoisotopic (exact) mass is 212 g/mol. The highest BCUT2D eigenvalue weighted by atomic mass is 32.2. The van der Waals surface area contributed by atoms with E-state index in [0.29, 0.717) is 0 Å². The van der Waals surface area contributed by atoms with Crippen LogP contribution in [0.4, 0.5) is 0 Å². The van der Waals surface area contributed by atoms with Gasteiger partial charge in [-0.05, 0) is 18.6 Å². The lowest BCUT2D eigenvalue weighted by atomic mass is 10.1. The number of hydrogen-bond donors (Lipinski definition) is 1. The largest absolute Gasteiger partial charge is 0.389 e. The van der Waals surface area contributed by atoms with E-state index in [4.69, 9.17) is 4.74 Å². The van der Waals surface area contributed by atoms with Gasteiger partial charge in [0, 0.05) is 17.8 Å². The molecule has 1 atom stereocenters. The van der Waals surface area contributed by atoms with Crippen LogP contribution in [-0.2, 0) is 4.74 Å². The van der Waals surface area contributed by atoms with Crippen LogP contribution in [0.1, 0.15) is 18.6 Å². The van der Waals surface area contributed by atoms with Gasteiger partial charge in [0.25, 0.3) is 0 Å². The average Bonchev–Trinajstić information content (AvgIpc) is 2.19. The second-order valence-electron chi connectivity index (χ2n) is 3.06. The third kappa shape index (κ3) is 3.33. The molecular formula is C11H16O2S. The van der Waals surface area contributed by atoms with Crippen LogP contribution in [0.5, 0.6) is 0 Å². The van der Waals surface area contributed by atoms with Crippen molar-refractivity contribution in [2.45, 2.75) is 17.9 Å². The molecule has 0 spiro atoms. The molecule has 0 saturated carbocycles. The van der Waals surface area contributed by atoms with Crippen LogP contribution in [0.2, 0.25) is 0 Å². The molecule has 78 valence electrons. The highest BCUT2D eigenvalue weighted by Gasteiger charge is 2.06. The van der Waals surface area contributed by atoms with E-state index in [1.165, 1.54) is 0 Å². The summed E-state index contributed by atoms with van der Waals surface area (Å²) in [5.74, 6) is 0.917. The number of thioether (sulfide) groups is 1. The van der Waals surface area contributed by atoms with Crippen LogP contribution in [0.25, 0.3) is 0 Å². The first-order valence-electron chi connectivity index (χ1n) is 4.64. The van der Waals surface area contributed by atoms with Gasteiger partial charge in [-0.25, -0.2) is 0 Å². The van der Waals surface area contributed by atoms with Gasteiger partial charge in [-0.2, -0.15) is 0 Å². The first-order chi connectivity index (χ1) is 6.75. The minimum atomic E-state index is -0.402. The lowest BCUT2D eigenvalue weighted by molar-refractivity contribution is 0.196. The van der Waals surface area contributed by atoms with Gasteiger partial charge >= 0.3 is 0 Å². The van der Waals surface area contributed by atoms with Gasteiger partial charge < -0.3 is 9.84 Å². The molecule has 0 radical (unpaired) electrons. The number of benzene rings is 1. The molecule has 0 saturated heterocycles. The van der Waals surface area contributed by atoms with E-state index >= 15 is 0 Å². The van der Waals surface area contributed by atoms with Crippen LogP contribution < -0.4 is 0 Å². The lowest BCUT2D eigenvalue weighted by Crippen LogP contribution is -1.96. The molecule has 1 aromatic rings. The summed E-state index contributed by atoms with van der Waals surface area (Å²) in [7, 11) is 1.70. The van der Waals surface area contributed by atoms with E-state index in [-0.39, 0.29) is 0 Å². The summed E-state index contributed by atoms with van der Waals surface area (Å²) in [6.45, 7) is 2.52. The van der Waals surface area contributed by atoms with Gasteiger partial charge in [0.15, 0.2) is 0 Å². The highest BCUT2D eigenvalue weighted by Crippen LogP contribution is 2.26. The minimum absolute atomic E-state index is 0.402. The molecule has 0 aliphatic rings. The van der Waals surface area contributed by atoms with Crippen LogP contribution >= 0.6 is 11.8 Å². The molecule has 0 aliphatic heterocycles. The van der Waals surface area contributed by atoms with E-state index in [2.05, 4.69) is 0 Å². The zero-order chi connectivity index (χ0) is 10.4. The van der Waals surface area contributed by atoms with Gasteiger partial charge in [-0.1, -0.05) is 18.2 Å². The first-order valence-corrected chi connectivity index (χ1v) is 5.63. The standard InChI is InChI=1S/C11H16O2S/c1-9(12)10-5-3-4-6-11(10)14-8-7-13-2/h3-6,9,12H,7-8H2,1-2H3/t9-/m0/s1. The SMILES string of the molecule is COCCSc1ccccc1[C@H](C)O. The molecule has 14 heavy (non-hydrogen) atoms. The first kappa shape index (κ1) is 11.6. The quantitative estimate of drug-likeness (QED) is 0.600. The average molecular weight is 212 g/mol. The second kappa shape index (κ2) is 6.06. The molecule has 0 heterocycles. The fourth-order valence-electron chi connectivity index (χ4n) is 1.19. The fourth-order valence-corrected chi connectivity index (χ4v) is 2.24. The van der Waals surface area contributed by atoms with Gasteiger partial charge in [-0.15, -0.1) is 11.8 Å². The molecule has 1 rings (SSSR count). The molecule has 0 aromatic heterocycles. The van der Waals surface area contributed by atoms with Crippen molar-refractivity contribution in [3.05, 3.63) is 29.8 Å². The molecule has 1 N–H and O–H groups in total. The fraction of sp³-hybridized carbons (Fsp3) is 0.455. The third-order valence-electron chi connectivity index (χ3n) is 1.91. The van der Waals surface area contributed by atoms with Gasteiger partial charge in [0.2, 0.25) is 0 Å². The predicted molar refractivity (Wildman–Crippen MR) is 59.7 cm³/mol. The van der Waals surface area contributed by atoms with Crippen LogP contribution in [0, 0.1) is 0 Å². The van der Waals surface area contributed by atoms with Crippen molar-refractivity contribution < 1.29 is 9.84 Å². The van der Waals surface area contributed by atoms with Gasteiger partial charge in [0.1, 0.15) is 0 Å². The number of ether oxygens (including phenoxy) is 1. The summed E-state index contributed by atoms with van der Waals surface area (Å²) in [6.07, 6.45) is -0.402. The maximum absolute atomic E-state index is 9.52. The third-order valence-corrected chi connectivity index (χ3v) is 2.97. The molecule has 0 fully saturated rings. The molecular weight excluding hydrogens is 196 g/mol. The summed E-state index contributed by atoms with van der Waals surface area (Å²) in [6, 6.07) is 7.92.